The molecule has 0 saturated carbocycles. The van der Waals surface area contributed by atoms with Gasteiger partial charge in [0.1, 0.15) is 16.8 Å². The zero-order valence-corrected chi connectivity index (χ0v) is 36.6. The summed E-state index contributed by atoms with van der Waals surface area (Å²) in [6.07, 6.45) is 0. The van der Waals surface area contributed by atoms with Gasteiger partial charge in [0.15, 0.2) is 5.72 Å². The molecule has 1 amide bonds. The summed E-state index contributed by atoms with van der Waals surface area (Å²) in [6, 6.07) is 14.1. The van der Waals surface area contributed by atoms with Crippen LogP contribution < -0.4 is 10.6 Å². The molecule has 2 aromatic carbocycles. The summed E-state index contributed by atoms with van der Waals surface area (Å²) in [5, 5.41) is 48.1. The number of aliphatic hydroxyl groups is 3. The van der Waals surface area contributed by atoms with Crippen molar-refractivity contribution in [2.75, 3.05) is 0 Å². The molecule has 1 aromatic heterocycles. The van der Waals surface area contributed by atoms with E-state index in [-0.39, 0.29) is 149 Å². The summed E-state index contributed by atoms with van der Waals surface area (Å²) in [5.74, 6) is -0.807. The van der Waals surface area contributed by atoms with Crippen LogP contribution in [0.15, 0.2) is 53.5 Å². The van der Waals surface area contributed by atoms with Crippen LogP contribution in [0.25, 0.3) is 16.5 Å². The number of benzene rings is 2. The molecule has 8 nitrogen and oxygen atoms in total. The number of carbonyl (C=O) groups excluding carboxylic acids is 1. The van der Waals surface area contributed by atoms with Crippen molar-refractivity contribution in [1.82, 2.24) is 4.57 Å². The van der Waals surface area contributed by atoms with Crippen molar-refractivity contribution in [3.8, 4) is 5.88 Å². The third kappa shape index (κ3) is 4.60. The Hall–Kier alpha value is 1.28. The third-order valence-electron chi connectivity index (χ3n) is 8.56. The largest absolute Gasteiger partial charge is 0.494 e. The predicted molar refractivity (Wildman–Crippen MR) is 129 cm³/mol. The standard InChI is InChI=1S/C27H30N2O6.3Ac/c1-23(2)24(3,32)25(4,33)26(5,34)27(6,35-23)29-18-14-10-8-12-16(18)20(22(29)31)19-15-11-7-9-13-17(15)28-21(19)30;;;/h7-14,31-34H,1-6H3;;;. The Morgan fingerprint density at radius 3 is 1.97 bits per heavy atom. The van der Waals surface area contributed by atoms with Gasteiger partial charge in [0.05, 0.1) is 27.6 Å². The molecule has 3 aromatic rings. The number of aromatic nitrogens is 1. The van der Waals surface area contributed by atoms with E-state index in [1.807, 2.05) is 0 Å². The number of aromatic hydroxyl groups is 1. The first-order valence-electron chi connectivity index (χ1n) is 11.5. The number of ether oxygens (including phenoxy) is 1. The summed E-state index contributed by atoms with van der Waals surface area (Å²) in [4.78, 5) is 17.2. The summed E-state index contributed by atoms with van der Waals surface area (Å²) in [7, 11) is 0. The van der Waals surface area contributed by atoms with E-state index < -0.39 is 34.0 Å². The summed E-state index contributed by atoms with van der Waals surface area (Å²) in [5.41, 5.74) is -8.21. The van der Waals surface area contributed by atoms with Gasteiger partial charge in [-0.05, 0) is 53.7 Å². The Morgan fingerprint density at radius 2 is 1.34 bits per heavy atom. The first kappa shape index (κ1) is 35.5. The van der Waals surface area contributed by atoms with Crippen LogP contribution in [-0.4, -0.2) is 53.3 Å². The van der Waals surface area contributed by atoms with E-state index >= 15 is 0 Å². The first-order chi connectivity index (χ1) is 16.1. The minimum atomic E-state index is -2.11. The minimum Gasteiger partial charge on any atom is -0.494 e. The molecular formula is C27H30Ac3N2O6. The van der Waals surface area contributed by atoms with E-state index in [2.05, 4.69) is 4.99 Å². The fourth-order valence-corrected chi connectivity index (χ4v) is 5.68. The maximum Gasteiger partial charge on any atom is 0.279 e. The number of nitrogens with zero attached hydrogens (tertiary/aromatic N) is 2. The average molecular weight is 1160 g/mol. The van der Waals surface area contributed by atoms with Crippen molar-refractivity contribution in [2.24, 2.45) is 4.99 Å². The monoisotopic (exact) mass is 1160 g/mol. The van der Waals surface area contributed by atoms with Crippen LogP contribution in [0, 0.1) is 132 Å². The van der Waals surface area contributed by atoms with Gasteiger partial charge in [-0.25, -0.2) is 4.99 Å². The van der Waals surface area contributed by atoms with Gasteiger partial charge in [0.2, 0.25) is 5.88 Å². The Balaban J connectivity index is 0.00000169. The Morgan fingerprint density at radius 1 is 0.789 bits per heavy atom. The molecule has 0 spiro atoms. The van der Waals surface area contributed by atoms with Gasteiger partial charge in [0.25, 0.3) is 5.91 Å². The van der Waals surface area contributed by atoms with Gasteiger partial charge in [-0.15, -0.1) is 0 Å². The third-order valence-corrected chi connectivity index (χ3v) is 8.56. The van der Waals surface area contributed by atoms with Gasteiger partial charge in [0, 0.05) is 143 Å². The van der Waals surface area contributed by atoms with Crippen molar-refractivity contribution in [3.05, 3.63) is 64.7 Å². The van der Waals surface area contributed by atoms with Crippen molar-refractivity contribution < 1.29 is 162 Å². The molecule has 1 saturated heterocycles. The summed E-state index contributed by atoms with van der Waals surface area (Å²) < 4.78 is 7.79. The molecule has 193 valence electrons. The second-order valence-corrected chi connectivity index (χ2v) is 10.7. The van der Waals surface area contributed by atoms with Crippen molar-refractivity contribution >= 4 is 22.4 Å². The topological polar surface area (TPSA) is 125 Å². The molecule has 38 heavy (non-hydrogen) atoms. The van der Waals surface area contributed by atoms with Crippen LogP contribution in [0.3, 0.4) is 0 Å². The smallest absolute Gasteiger partial charge is 0.279 e. The van der Waals surface area contributed by atoms with E-state index in [4.69, 9.17) is 4.74 Å². The van der Waals surface area contributed by atoms with Gasteiger partial charge in [-0.2, -0.15) is 0 Å². The van der Waals surface area contributed by atoms with Crippen molar-refractivity contribution in [1.29, 1.82) is 0 Å². The number of amides is 1. The molecule has 4 N–H and O–H groups in total. The van der Waals surface area contributed by atoms with Crippen molar-refractivity contribution in [2.45, 2.75) is 69.7 Å². The Bertz CT molecular complexity index is 1540. The van der Waals surface area contributed by atoms with Crippen LogP contribution >= 0.6 is 0 Å². The molecule has 4 atom stereocenters. The molecule has 3 radical (unpaired) electrons. The SMILES string of the molecule is CC1(C)OC(C)(n2c(O)c(C3=c4ccccc4=NC3=O)c3ccccc32)C(C)(O)C(C)(O)C1(C)O.[Ac].[Ac].[Ac]. The second-order valence-electron chi connectivity index (χ2n) is 10.7. The van der Waals surface area contributed by atoms with E-state index in [0.29, 0.717) is 21.5 Å². The number of carbonyl (C=O) groups is 1. The number of hydrogen-bond acceptors (Lipinski definition) is 6. The van der Waals surface area contributed by atoms with Crippen LogP contribution in [0.4, 0.5) is 0 Å². The number of hydrogen-bond donors (Lipinski definition) is 4. The van der Waals surface area contributed by atoms with Gasteiger partial charge in [-0.3, -0.25) is 9.36 Å². The van der Waals surface area contributed by atoms with Crippen LogP contribution in [0.2, 0.25) is 0 Å². The fraction of sp³-hybridized carbons (Fsp3) is 0.407. The second kappa shape index (κ2) is 11.4. The van der Waals surface area contributed by atoms with E-state index in [1.165, 1.54) is 25.3 Å². The maximum absolute atomic E-state index is 13.0. The van der Waals surface area contributed by atoms with Crippen LogP contribution in [0.1, 0.15) is 47.1 Å². The number of rotatable bonds is 2. The molecule has 11 heteroatoms. The minimum absolute atomic E-state index is 0. The first-order valence-corrected chi connectivity index (χ1v) is 11.5. The molecule has 0 aliphatic carbocycles. The Labute approximate surface area is 328 Å². The zero-order valence-electron chi connectivity index (χ0n) is 22.4. The van der Waals surface area contributed by atoms with Crippen LogP contribution in [-0.2, 0) is 15.3 Å². The predicted octanol–water partition coefficient (Wildman–Crippen LogP) is 1.44. The maximum atomic E-state index is 13.0. The Kier molecular flexibility index (Phi) is 10.7. The number of para-hydroxylation sites is 2. The van der Waals surface area contributed by atoms with Crippen molar-refractivity contribution in [3.63, 3.8) is 0 Å². The molecular weight excluding hydrogens is 1130 g/mol. The molecule has 2 aliphatic rings. The molecule has 1 fully saturated rings. The molecule has 5 rings (SSSR count). The molecule has 2 aliphatic heterocycles. The fourth-order valence-electron chi connectivity index (χ4n) is 5.68. The van der Waals surface area contributed by atoms with E-state index in [0.717, 1.165) is 0 Å². The quantitative estimate of drug-likeness (QED) is 0.309. The average Bonchev–Trinajstić information content (AvgIpc) is 3.24. The number of fused-ring (bicyclic) bond motifs is 2. The normalized spacial score (nSPS) is 31.5. The van der Waals surface area contributed by atoms with Gasteiger partial charge in [-0.1, -0.05) is 36.4 Å². The molecule has 3 heterocycles. The van der Waals surface area contributed by atoms with E-state index in [1.54, 1.807) is 69.3 Å². The summed E-state index contributed by atoms with van der Waals surface area (Å²) >= 11 is 0. The van der Waals surface area contributed by atoms with Gasteiger partial charge >= 0.3 is 0 Å². The summed E-state index contributed by atoms with van der Waals surface area (Å²) in [6.45, 7) is 8.90. The van der Waals surface area contributed by atoms with E-state index in [9.17, 15) is 25.2 Å². The van der Waals surface area contributed by atoms with Crippen LogP contribution in [0.5, 0.6) is 5.88 Å². The zero-order chi connectivity index (χ0) is 25.8. The van der Waals surface area contributed by atoms with Gasteiger partial charge < -0.3 is 25.2 Å². The molecule has 4 unspecified atom stereocenters. The molecule has 0 bridgehead atoms.